The Morgan fingerprint density at radius 3 is 1.03 bits per heavy atom. The van der Waals surface area contributed by atoms with E-state index in [2.05, 4.69) is 31.3 Å². The van der Waals surface area contributed by atoms with Crippen LogP contribution in [0.5, 0.6) is 0 Å². The van der Waals surface area contributed by atoms with Crippen LogP contribution in [0.3, 0.4) is 0 Å². The Balaban J connectivity index is 3.38. The third-order valence-electron chi connectivity index (χ3n) is 14.5. The topological polar surface area (TPSA) is 95.9 Å². The highest BCUT2D eigenvalue weighted by Gasteiger charge is 2.18. The largest absolute Gasteiger partial charge is 0.466 e. The maximum Gasteiger partial charge on any atom is 0.305 e. The van der Waals surface area contributed by atoms with Crippen LogP contribution in [0.2, 0.25) is 0 Å². The predicted molar refractivity (Wildman–Crippen MR) is 301 cm³/mol. The Hall–Kier alpha value is -1.66. The summed E-state index contributed by atoms with van der Waals surface area (Å²) in [6.07, 6.45) is 72.3. The summed E-state index contributed by atoms with van der Waals surface area (Å²) in [7, 11) is 0. The summed E-state index contributed by atoms with van der Waals surface area (Å²) < 4.78 is 5.49. The fourth-order valence-corrected chi connectivity index (χ4v) is 9.69. The molecule has 0 aliphatic carbocycles. The van der Waals surface area contributed by atoms with Crippen molar-refractivity contribution in [3.63, 3.8) is 0 Å². The summed E-state index contributed by atoms with van der Waals surface area (Å²) in [6, 6.07) is -0.628. The summed E-state index contributed by atoms with van der Waals surface area (Å²) in [5.74, 6) is -0.0532. The lowest BCUT2D eigenvalue weighted by Crippen LogP contribution is -2.45. The van der Waals surface area contributed by atoms with Crippen molar-refractivity contribution < 1.29 is 24.5 Å². The molecule has 0 heterocycles. The van der Waals surface area contributed by atoms with Crippen molar-refractivity contribution in [3.8, 4) is 0 Å². The average molecular weight is 973 g/mol. The maximum absolute atomic E-state index is 12.4. The van der Waals surface area contributed by atoms with Gasteiger partial charge in [-0.3, -0.25) is 9.59 Å². The average Bonchev–Trinajstić information content (AvgIpc) is 3.35. The Morgan fingerprint density at radius 1 is 0.391 bits per heavy atom. The minimum Gasteiger partial charge on any atom is -0.466 e. The fraction of sp³-hybridized carbons (Fsp3) is 0.905. The van der Waals surface area contributed by atoms with Crippen LogP contribution in [0.25, 0.3) is 0 Å². The van der Waals surface area contributed by atoms with Gasteiger partial charge in [0.05, 0.1) is 25.4 Å². The van der Waals surface area contributed by atoms with E-state index in [-0.39, 0.29) is 18.5 Å². The number of carbonyl (C=O) groups excluding carboxylic acids is 2. The number of allylic oxidation sites excluding steroid dienone is 3. The molecule has 6 heteroatoms. The molecule has 0 aromatic heterocycles. The molecule has 0 saturated heterocycles. The zero-order chi connectivity index (χ0) is 50.0. The minimum atomic E-state index is -0.844. The van der Waals surface area contributed by atoms with Crippen LogP contribution >= 0.6 is 0 Å². The van der Waals surface area contributed by atoms with Crippen molar-refractivity contribution >= 4 is 11.9 Å². The normalized spacial score (nSPS) is 12.7. The van der Waals surface area contributed by atoms with Crippen molar-refractivity contribution in [2.45, 2.75) is 353 Å². The van der Waals surface area contributed by atoms with Crippen molar-refractivity contribution in [1.29, 1.82) is 0 Å². The number of amides is 1. The molecule has 1 amide bonds. The van der Waals surface area contributed by atoms with Crippen molar-refractivity contribution in [3.05, 3.63) is 24.3 Å². The van der Waals surface area contributed by atoms with Gasteiger partial charge in [-0.15, -0.1) is 0 Å². The molecule has 6 nitrogen and oxygen atoms in total. The first-order valence-corrected chi connectivity index (χ1v) is 31.1. The van der Waals surface area contributed by atoms with Crippen molar-refractivity contribution in [2.24, 2.45) is 0 Å². The van der Waals surface area contributed by atoms with E-state index in [4.69, 9.17) is 4.74 Å². The molecule has 0 aliphatic rings. The van der Waals surface area contributed by atoms with Crippen LogP contribution < -0.4 is 5.32 Å². The molecule has 0 spiro atoms. The third kappa shape index (κ3) is 55.5. The maximum atomic E-state index is 12.4. The molecule has 0 radical (unpaired) electrons. The molecule has 0 aromatic carbocycles. The number of hydrogen-bond acceptors (Lipinski definition) is 5. The number of ether oxygens (including phenoxy) is 1. The number of esters is 1. The smallest absolute Gasteiger partial charge is 0.305 e. The first-order chi connectivity index (χ1) is 34.0. The predicted octanol–water partition coefficient (Wildman–Crippen LogP) is 19.4. The lowest BCUT2D eigenvalue weighted by Gasteiger charge is -2.20. The third-order valence-corrected chi connectivity index (χ3v) is 14.5. The van der Waals surface area contributed by atoms with Gasteiger partial charge >= 0.3 is 5.97 Å². The zero-order valence-corrected chi connectivity index (χ0v) is 46.6. The lowest BCUT2D eigenvalue weighted by molar-refractivity contribution is -0.143. The van der Waals surface area contributed by atoms with Gasteiger partial charge in [0, 0.05) is 12.8 Å². The standard InChI is InChI=1S/C63H121NO5/c1-3-5-7-9-11-13-15-17-33-37-41-45-49-53-57-63(68)69-58-54-50-46-42-38-34-31-29-27-25-23-21-19-18-20-22-24-26-28-30-32-36-40-44-48-52-56-62(67)64-60(59-65)61(66)55-51-47-43-39-35-16-14-12-10-8-6-4-2/h18,20,51,55,60-61,65-66H,3-17,19,21-50,52-54,56-59H2,1-2H3,(H,64,67)/b20-18-,55-51+. The van der Waals surface area contributed by atoms with Gasteiger partial charge in [0.1, 0.15) is 0 Å². The molecule has 0 bridgehead atoms. The summed E-state index contributed by atoms with van der Waals surface area (Å²) in [5, 5.41) is 23.0. The van der Waals surface area contributed by atoms with Gasteiger partial charge in [-0.2, -0.15) is 0 Å². The molecular formula is C63H121NO5. The number of aliphatic hydroxyl groups excluding tert-OH is 2. The molecule has 0 saturated carbocycles. The van der Waals surface area contributed by atoms with Crippen LogP contribution in [-0.2, 0) is 14.3 Å². The number of hydrogen-bond donors (Lipinski definition) is 3. The molecule has 2 unspecified atom stereocenters. The van der Waals surface area contributed by atoms with Gasteiger partial charge in [0.15, 0.2) is 0 Å². The highest BCUT2D eigenvalue weighted by atomic mass is 16.5. The number of aliphatic hydroxyl groups is 2. The van der Waals surface area contributed by atoms with Crippen LogP contribution in [0.4, 0.5) is 0 Å². The Morgan fingerprint density at radius 2 is 0.681 bits per heavy atom. The summed E-state index contributed by atoms with van der Waals surface area (Å²) in [5.41, 5.74) is 0. The quantitative estimate of drug-likeness (QED) is 0.0321. The first-order valence-electron chi connectivity index (χ1n) is 31.1. The molecule has 408 valence electrons. The van der Waals surface area contributed by atoms with E-state index < -0.39 is 12.1 Å². The van der Waals surface area contributed by atoms with E-state index in [0.29, 0.717) is 19.4 Å². The number of nitrogens with one attached hydrogen (secondary N) is 1. The van der Waals surface area contributed by atoms with Crippen LogP contribution in [0.1, 0.15) is 341 Å². The summed E-state index contributed by atoms with van der Waals surface area (Å²) in [6.45, 7) is 4.91. The van der Waals surface area contributed by atoms with Crippen LogP contribution in [0, 0.1) is 0 Å². The molecule has 2 atom stereocenters. The van der Waals surface area contributed by atoms with Gasteiger partial charge in [-0.1, -0.05) is 295 Å². The number of carbonyl (C=O) groups is 2. The monoisotopic (exact) mass is 972 g/mol. The van der Waals surface area contributed by atoms with E-state index >= 15 is 0 Å². The van der Waals surface area contributed by atoms with E-state index in [1.165, 1.54) is 276 Å². The number of rotatable bonds is 58. The number of unbranched alkanes of at least 4 members (excludes halogenated alkanes) is 45. The molecule has 69 heavy (non-hydrogen) atoms. The summed E-state index contributed by atoms with van der Waals surface area (Å²) >= 11 is 0. The minimum absolute atomic E-state index is 0.0163. The molecule has 0 aliphatic heterocycles. The molecule has 0 aromatic rings. The van der Waals surface area contributed by atoms with Crippen molar-refractivity contribution in [2.75, 3.05) is 13.2 Å². The Labute approximate surface area is 431 Å². The highest BCUT2D eigenvalue weighted by Crippen LogP contribution is 2.17. The van der Waals surface area contributed by atoms with E-state index in [0.717, 1.165) is 38.5 Å². The van der Waals surface area contributed by atoms with Crippen LogP contribution in [-0.4, -0.2) is 47.4 Å². The van der Waals surface area contributed by atoms with Gasteiger partial charge in [0.25, 0.3) is 0 Å². The highest BCUT2D eigenvalue weighted by molar-refractivity contribution is 5.76. The fourth-order valence-electron chi connectivity index (χ4n) is 9.69. The van der Waals surface area contributed by atoms with Gasteiger partial charge < -0.3 is 20.3 Å². The zero-order valence-electron chi connectivity index (χ0n) is 46.6. The van der Waals surface area contributed by atoms with Gasteiger partial charge in [0.2, 0.25) is 5.91 Å². The second kappa shape index (κ2) is 58.9. The molecular weight excluding hydrogens is 851 g/mol. The van der Waals surface area contributed by atoms with E-state index in [1.54, 1.807) is 6.08 Å². The SMILES string of the molecule is CCCCCCCCCCCC/C=C/C(O)C(CO)NC(=O)CCCCCCCCCCCC/C=C\CCCCCCCCCCCCCCOC(=O)CCCCCCCCCCCCCCCC. The molecule has 0 rings (SSSR count). The first kappa shape index (κ1) is 67.3. The van der Waals surface area contributed by atoms with Gasteiger partial charge in [-0.05, 0) is 57.8 Å². The Kier molecular flexibility index (Phi) is 57.5. The van der Waals surface area contributed by atoms with E-state index in [9.17, 15) is 19.8 Å². The van der Waals surface area contributed by atoms with Crippen LogP contribution in [0.15, 0.2) is 24.3 Å². The van der Waals surface area contributed by atoms with E-state index in [1.807, 2.05) is 6.08 Å². The summed E-state index contributed by atoms with van der Waals surface area (Å²) in [4.78, 5) is 24.5. The Bertz CT molecular complexity index is 1080. The van der Waals surface area contributed by atoms with Gasteiger partial charge in [-0.25, -0.2) is 0 Å². The molecule has 3 N–H and O–H groups in total. The van der Waals surface area contributed by atoms with Crippen molar-refractivity contribution in [1.82, 2.24) is 5.32 Å². The molecule has 0 fully saturated rings. The second-order valence-corrected chi connectivity index (χ2v) is 21.4. The lowest BCUT2D eigenvalue weighted by atomic mass is 10.0. The second-order valence-electron chi connectivity index (χ2n) is 21.4.